The van der Waals surface area contributed by atoms with Crippen molar-refractivity contribution in [3.8, 4) is 0 Å². The molecule has 0 spiro atoms. The van der Waals surface area contributed by atoms with Gasteiger partial charge in [0.15, 0.2) is 0 Å². The fourth-order valence-corrected chi connectivity index (χ4v) is 1.97. The maximum atomic E-state index is 11.9. The van der Waals surface area contributed by atoms with Crippen molar-refractivity contribution in [1.29, 1.82) is 0 Å². The second-order valence-electron chi connectivity index (χ2n) is 5.43. The molecule has 2 rings (SSSR count). The highest BCUT2D eigenvalue weighted by Crippen LogP contribution is 2.19. The van der Waals surface area contributed by atoms with Gasteiger partial charge in [-0.05, 0) is 49.9 Å². The van der Waals surface area contributed by atoms with E-state index in [0.29, 0.717) is 36.6 Å². The van der Waals surface area contributed by atoms with Crippen molar-refractivity contribution in [1.82, 2.24) is 10.6 Å². The summed E-state index contributed by atoms with van der Waals surface area (Å²) in [5.41, 5.74) is 1.03. The smallest absolute Gasteiger partial charge is 0.303 e. The molecule has 0 atom stereocenters. The summed E-state index contributed by atoms with van der Waals surface area (Å²) in [5.74, 6) is -1.15. The first-order chi connectivity index (χ1) is 10.6. The lowest BCUT2D eigenvalue weighted by Crippen LogP contribution is -2.26. The van der Waals surface area contributed by atoms with E-state index in [4.69, 9.17) is 5.11 Å². The fourth-order valence-electron chi connectivity index (χ4n) is 1.97. The number of aliphatic carboxylic acids is 1. The highest BCUT2D eigenvalue weighted by Gasteiger charge is 2.23. The van der Waals surface area contributed by atoms with E-state index in [1.165, 1.54) is 0 Å². The molecule has 1 fully saturated rings. The molecule has 1 aliphatic carbocycles. The molecule has 1 aromatic rings. The molecule has 1 saturated carbocycles. The van der Waals surface area contributed by atoms with E-state index in [0.717, 1.165) is 12.8 Å². The number of rotatable bonds is 8. The van der Waals surface area contributed by atoms with Gasteiger partial charge in [0, 0.05) is 30.1 Å². The molecule has 6 nitrogen and oxygen atoms in total. The van der Waals surface area contributed by atoms with Crippen molar-refractivity contribution in [3.63, 3.8) is 0 Å². The minimum absolute atomic E-state index is 0.108. The Morgan fingerprint density at radius 1 is 1.00 bits per heavy atom. The van der Waals surface area contributed by atoms with Gasteiger partial charge in [-0.3, -0.25) is 14.4 Å². The summed E-state index contributed by atoms with van der Waals surface area (Å²) in [7, 11) is 0. The van der Waals surface area contributed by atoms with Crippen molar-refractivity contribution in [2.24, 2.45) is 0 Å². The maximum Gasteiger partial charge on any atom is 0.303 e. The molecule has 0 heterocycles. The van der Waals surface area contributed by atoms with Crippen molar-refractivity contribution in [3.05, 3.63) is 35.4 Å². The number of carbonyl (C=O) groups is 3. The topological polar surface area (TPSA) is 95.5 Å². The van der Waals surface area contributed by atoms with Crippen LogP contribution in [0, 0.1) is 0 Å². The van der Waals surface area contributed by atoms with Crippen molar-refractivity contribution in [2.75, 3.05) is 6.54 Å². The lowest BCUT2D eigenvalue weighted by atomic mass is 10.1. The van der Waals surface area contributed by atoms with Crippen LogP contribution >= 0.6 is 0 Å². The standard InChI is InChI=1S/C16H20N2O4/c19-14(20)3-1-2-10-17-15(21)11-4-6-12(7-5-11)16(22)18-13-8-9-13/h4-7,13H,1-3,8-10H2,(H,17,21)(H,18,22)(H,19,20). The third-order valence-electron chi connectivity index (χ3n) is 3.42. The lowest BCUT2D eigenvalue weighted by molar-refractivity contribution is -0.137. The Morgan fingerprint density at radius 3 is 2.14 bits per heavy atom. The summed E-state index contributed by atoms with van der Waals surface area (Å²) in [6, 6.07) is 6.82. The van der Waals surface area contributed by atoms with E-state index >= 15 is 0 Å². The van der Waals surface area contributed by atoms with Crippen LogP contribution < -0.4 is 10.6 Å². The van der Waals surface area contributed by atoms with Gasteiger partial charge in [-0.15, -0.1) is 0 Å². The number of carboxylic acids is 1. The molecular weight excluding hydrogens is 284 g/mol. The molecule has 118 valence electrons. The first-order valence-electron chi connectivity index (χ1n) is 7.47. The Kier molecular flexibility index (Phi) is 5.52. The van der Waals surface area contributed by atoms with Gasteiger partial charge in [0.2, 0.25) is 0 Å². The molecule has 2 amide bonds. The molecule has 0 unspecified atom stereocenters. The third-order valence-corrected chi connectivity index (χ3v) is 3.42. The number of unbranched alkanes of at least 4 members (excludes halogenated alkanes) is 1. The van der Waals surface area contributed by atoms with Crippen LogP contribution in [-0.2, 0) is 4.79 Å². The summed E-state index contributed by atoms with van der Waals surface area (Å²) in [4.78, 5) is 34.1. The highest BCUT2D eigenvalue weighted by molar-refractivity contribution is 5.97. The summed E-state index contributed by atoms with van der Waals surface area (Å²) in [6.45, 7) is 0.441. The van der Waals surface area contributed by atoms with E-state index in [1.807, 2.05) is 0 Å². The zero-order chi connectivity index (χ0) is 15.9. The minimum atomic E-state index is -0.827. The first kappa shape index (κ1) is 16.0. The van der Waals surface area contributed by atoms with Gasteiger partial charge < -0.3 is 15.7 Å². The van der Waals surface area contributed by atoms with Gasteiger partial charge in [0.05, 0.1) is 0 Å². The lowest BCUT2D eigenvalue weighted by Gasteiger charge is -2.06. The number of carbonyl (C=O) groups excluding carboxylic acids is 2. The minimum Gasteiger partial charge on any atom is -0.481 e. The van der Waals surface area contributed by atoms with Crippen molar-refractivity contribution < 1.29 is 19.5 Å². The summed E-state index contributed by atoms with van der Waals surface area (Å²) in [5, 5.41) is 14.1. The van der Waals surface area contributed by atoms with Gasteiger partial charge in [-0.25, -0.2) is 0 Å². The van der Waals surface area contributed by atoms with Crippen LogP contribution in [0.4, 0.5) is 0 Å². The maximum absolute atomic E-state index is 11.9. The predicted octanol–water partition coefficient (Wildman–Crippen LogP) is 1.56. The van der Waals surface area contributed by atoms with Crippen LogP contribution in [0.25, 0.3) is 0 Å². The largest absolute Gasteiger partial charge is 0.481 e. The molecule has 22 heavy (non-hydrogen) atoms. The van der Waals surface area contributed by atoms with Crippen LogP contribution in [0.5, 0.6) is 0 Å². The molecular formula is C16H20N2O4. The number of amides is 2. The molecule has 3 N–H and O–H groups in total. The number of carboxylic acid groups (broad SMARTS) is 1. The number of nitrogens with one attached hydrogen (secondary N) is 2. The van der Waals surface area contributed by atoms with Gasteiger partial charge in [-0.2, -0.15) is 0 Å². The number of hydrogen-bond donors (Lipinski definition) is 3. The molecule has 1 aliphatic rings. The molecule has 0 radical (unpaired) electrons. The molecule has 0 saturated heterocycles. The van der Waals surface area contributed by atoms with E-state index in [-0.39, 0.29) is 18.2 Å². The Balaban J connectivity index is 1.75. The molecule has 6 heteroatoms. The highest BCUT2D eigenvalue weighted by atomic mass is 16.4. The predicted molar refractivity (Wildman–Crippen MR) is 80.8 cm³/mol. The Bertz CT molecular complexity index is 550. The summed E-state index contributed by atoms with van der Waals surface area (Å²) < 4.78 is 0. The van der Waals surface area contributed by atoms with Gasteiger partial charge in [0.25, 0.3) is 11.8 Å². The Hall–Kier alpha value is -2.37. The molecule has 0 aliphatic heterocycles. The zero-order valence-corrected chi connectivity index (χ0v) is 12.3. The monoisotopic (exact) mass is 304 g/mol. The van der Waals surface area contributed by atoms with Crippen LogP contribution in [0.1, 0.15) is 52.8 Å². The van der Waals surface area contributed by atoms with E-state index in [1.54, 1.807) is 24.3 Å². The number of hydrogen-bond acceptors (Lipinski definition) is 3. The quantitative estimate of drug-likeness (QED) is 0.635. The second kappa shape index (κ2) is 7.59. The van der Waals surface area contributed by atoms with Crippen molar-refractivity contribution in [2.45, 2.75) is 38.1 Å². The van der Waals surface area contributed by atoms with Crippen LogP contribution in [0.15, 0.2) is 24.3 Å². The molecule has 1 aromatic carbocycles. The second-order valence-corrected chi connectivity index (χ2v) is 5.43. The Labute approximate surface area is 128 Å². The van der Waals surface area contributed by atoms with Gasteiger partial charge in [0.1, 0.15) is 0 Å². The average molecular weight is 304 g/mol. The zero-order valence-electron chi connectivity index (χ0n) is 12.3. The van der Waals surface area contributed by atoms with Crippen LogP contribution in [0.2, 0.25) is 0 Å². The van der Waals surface area contributed by atoms with E-state index in [9.17, 15) is 14.4 Å². The first-order valence-corrected chi connectivity index (χ1v) is 7.47. The van der Waals surface area contributed by atoms with Crippen molar-refractivity contribution >= 4 is 17.8 Å². The summed E-state index contributed by atoms with van der Waals surface area (Å²) in [6.07, 6.45) is 3.35. The fraction of sp³-hybridized carbons (Fsp3) is 0.438. The van der Waals surface area contributed by atoms with Gasteiger partial charge >= 0.3 is 5.97 Å². The normalized spacial score (nSPS) is 13.5. The number of benzene rings is 1. The van der Waals surface area contributed by atoms with Crippen LogP contribution in [0.3, 0.4) is 0 Å². The van der Waals surface area contributed by atoms with Crippen LogP contribution in [-0.4, -0.2) is 35.5 Å². The van der Waals surface area contributed by atoms with Gasteiger partial charge in [-0.1, -0.05) is 0 Å². The average Bonchev–Trinajstić information content (AvgIpc) is 3.30. The summed E-state index contributed by atoms with van der Waals surface area (Å²) >= 11 is 0. The Morgan fingerprint density at radius 2 is 1.59 bits per heavy atom. The van der Waals surface area contributed by atoms with E-state index in [2.05, 4.69) is 10.6 Å². The third kappa shape index (κ3) is 5.20. The van der Waals surface area contributed by atoms with E-state index < -0.39 is 5.97 Å². The molecule has 0 aromatic heterocycles. The SMILES string of the molecule is O=C(O)CCCCNC(=O)c1ccc(C(=O)NC2CC2)cc1. The molecule has 0 bridgehead atoms.